The second-order valence-corrected chi connectivity index (χ2v) is 10.8. The molecule has 3 aromatic carbocycles. The highest BCUT2D eigenvalue weighted by Crippen LogP contribution is 2.46. The summed E-state index contributed by atoms with van der Waals surface area (Å²) in [6, 6.07) is 23.3. The molecule has 0 spiro atoms. The molecule has 0 aliphatic carbocycles. The number of pyridine rings is 1. The molecule has 0 radical (unpaired) electrons. The van der Waals surface area contributed by atoms with E-state index in [4.69, 9.17) is 4.74 Å². The van der Waals surface area contributed by atoms with Crippen LogP contribution in [0.25, 0.3) is 0 Å². The van der Waals surface area contributed by atoms with Gasteiger partial charge >= 0.3 is 5.92 Å². The average molecular weight is 654 g/mol. The number of nitrogens with zero attached hydrogens (tertiary/aromatic N) is 5. The highest BCUT2D eigenvalue weighted by molar-refractivity contribution is 5.44. The Morgan fingerprint density at radius 2 is 1.65 bits per heavy atom. The predicted molar refractivity (Wildman–Crippen MR) is 168 cm³/mol. The third kappa shape index (κ3) is 7.19. The van der Waals surface area contributed by atoms with Gasteiger partial charge < -0.3 is 20.1 Å². The molecule has 1 atom stereocenters. The first kappa shape index (κ1) is 32.0. The molecule has 242 valence electrons. The minimum absolute atomic E-state index is 0.318. The molecular formula is C35H27F4N7O2. The highest BCUT2D eigenvalue weighted by atomic mass is 19.3. The Morgan fingerprint density at radius 1 is 0.896 bits per heavy atom. The summed E-state index contributed by atoms with van der Waals surface area (Å²) in [5.74, 6) is 0.890. The van der Waals surface area contributed by atoms with Gasteiger partial charge in [0.2, 0.25) is 0 Å². The third-order valence-corrected chi connectivity index (χ3v) is 7.48. The van der Waals surface area contributed by atoms with Crippen molar-refractivity contribution in [3.05, 3.63) is 155 Å². The summed E-state index contributed by atoms with van der Waals surface area (Å²) in [5.41, 5.74) is -1.82. The van der Waals surface area contributed by atoms with Crippen LogP contribution in [0, 0.1) is 23.5 Å². The minimum Gasteiger partial charge on any atom is -0.489 e. The summed E-state index contributed by atoms with van der Waals surface area (Å²) in [4.78, 5) is 6.93. The normalized spacial score (nSPS) is 12.5. The molecule has 9 nitrogen and oxygen atoms in total. The van der Waals surface area contributed by atoms with Gasteiger partial charge in [-0.05, 0) is 82.2 Å². The number of aliphatic hydroxyl groups is 1. The van der Waals surface area contributed by atoms with Crippen LogP contribution < -0.4 is 10.1 Å². The van der Waals surface area contributed by atoms with Crippen molar-refractivity contribution in [2.24, 2.45) is 0 Å². The van der Waals surface area contributed by atoms with Gasteiger partial charge in [0.25, 0.3) is 0 Å². The van der Waals surface area contributed by atoms with E-state index in [0.29, 0.717) is 36.1 Å². The molecule has 6 rings (SSSR count). The Morgan fingerprint density at radius 3 is 2.31 bits per heavy atom. The number of aromatic amines is 1. The molecule has 0 bridgehead atoms. The molecule has 0 saturated heterocycles. The summed E-state index contributed by atoms with van der Waals surface area (Å²) < 4.78 is 66.9. The number of benzene rings is 3. The topological polar surface area (TPSA) is 114 Å². The zero-order valence-corrected chi connectivity index (χ0v) is 25.1. The maximum absolute atomic E-state index is 15.9. The predicted octanol–water partition coefficient (Wildman–Crippen LogP) is 5.95. The number of hydrogen-bond donors (Lipinski definition) is 3. The molecule has 0 aliphatic rings. The maximum atomic E-state index is 15.9. The van der Waals surface area contributed by atoms with Crippen molar-refractivity contribution in [2.45, 2.75) is 31.2 Å². The molecule has 1 unspecified atom stereocenters. The molecular weight excluding hydrogens is 626 g/mol. The van der Waals surface area contributed by atoms with Crippen molar-refractivity contribution in [1.29, 1.82) is 0 Å². The van der Waals surface area contributed by atoms with E-state index in [0.717, 1.165) is 52.3 Å². The van der Waals surface area contributed by atoms with Crippen LogP contribution in [-0.4, -0.2) is 35.3 Å². The number of H-pyrrole nitrogens is 1. The summed E-state index contributed by atoms with van der Waals surface area (Å²) in [6.07, 6.45) is 3.96. The van der Waals surface area contributed by atoms with Crippen LogP contribution in [0.5, 0.6) is 5.75 Å². The zero-order chi connectivity index (χ0) is 33.6. The van der Waals surface area contributed by atoms with Gasteiger partial charge in [0.05, 0.1) is 6.54 Å². The molecule has 13 heteroatoms. The number of ether oxygens (including phenoxy) is 1. The number of halogens is 4. The van der Waals surface area contributed by atoms with Crippen LogP contribution >= 0.6 is 0 Å². The van der Waals surface area contributed by atoms with Crippen LogP contribution in [0.4, 0.5) is 23.4 Å². The van der Waals surface area contributed by atoms with Gasteiger partial charge in [-0.2, -0.15) is 8.78 Å². The Labute approximate surface area is 272 Å². The number of tetrazole rings is 1. The molecule has 6 aromatic rings. The van der Waals surface area contributed by atoms with Gasteiger partial charge in [-0.3, -0.25) is 4.98 Å². The number of anilines is 1. The Bertz CT molecular complexity index is 2010. The molecule has 0 aliphatic heterocycles. The van der Waals surface area contributed by atoms with Gasteiger partial charge in [-0.1, -0.05) is 36.1 Å². The summed E-state index contributed by atoms with van der Waals surface area (Å²) in [7, 11) is 0. The van der Waals surface area contributed by atoms with E-state index in [1.54, 1.807) is 24.3 Å². The van der Waals surface area contributed by atoms with E-state index in [2.05, 4.69) is 42.7 Å². The first-order valence-corrected chi connectivity index (χ1v) is 14.6. The number of aromatic nitrogens is 6. The molecule has 0 fully saturated rings. The van der Waals surface area contributed by atoms with Gasteiger partial charge in [-0.25, -0.2) is 13.5 Å². The van der Waals surface area contributed by atoms with Gasteiger partial charge in [-0.15, -0.1) is 5.10 Å². The number of alkyl halides is 2. The second-order valence-electron chi connectivity index (χ2n) is 10.8. The fraction of sp³-hybridized carbons (Fsp3) is 0.143. The quantitative estimate of drug-likeness (QED) is 0.117. The summed E-state index contributed by atoms with van der Waals surface area (Å²) in [5, 5.41) is 24.9. The third-order valence-electron chi connectivity index (χ3n) is 7.48. The van der Waals surface area contributed by atoms with Gasteiger partial charge in [0.15, 0.2) is 5.60 Å². The van der Waals surface area contributed by atoms with Crippen LogP contribution in [0.1, 0.15) is 33.5 Å². The molecule has 3 N–H and O–H groups in total. The maximum Gasteiger partial charge on any atom is 0.323 e. The largest absolute Gasteiger partial charge is 0.489 e. The smallest absolute Gasteiger partial charge is 0.323 e. The second kappa shape index (κ2) is 13.8. The van der Waals surface area contributed by atoms with E-state index in [-0.39, 0.29) is 0 Å². The van der Waals surface area contributed by atoms with Crippen molar-refractivity contribution in [1.82, 2.24) is 30.2 Å². The number of nitrogens with one attached hydrogen (secondary N) is 2. The molecule has 3 heterocycles. The van der Waals surface area contributed by atoms with E-state index < -0.39 is 41.0 Å². The van der Waals surface area contributed by atoms with E-state index >= 15 is 8.78 Å². The van der Waals surface area contributed by atoms with E-state index in [9.17, 15) is 13.9 Å². The fourth-order valence-electron chi connectivity index (χ4n) is 4.87. The van der Waals surface area contributed by atoms with Gasteiger partial charge in [0.1, 0.15) is 41.8 Å². The van der Waals surface area contributed by atoms with E-state index in [1.165, 1.54) is 6.07 Å². The molecule has 3 aromatic heterocycles. The fourth-order valence-corrected chi connectivity index (χ4v) is 4.87. The molecule has 0 amide bonds. The van der Waals surface area contributed by atoms with Crippen LogP contribution in [-0.2, 0) is 31.2 Å². The Kier molecular flexibility index (Phi) is 9.17. The van der Waals surface area contributed by atoms with Crippen LogP contribution in [0.15, 0.2) is 110 Å². The average Bonchev–Trinajstić information content (AvgIpc) is 3.81. The molecule has 48 heavy (non-hydrogen) atoms. The lowest BCUT2D eigenvalue weighted by molar-refractivity contribution is -0.207. The lowest BCUT2D eigenvalue weighted by Gasteiger charge is -2.35. The van der Waals surface area contributed by atoms with Crippen molar-refractivity contribution < 1.29 is 27.4 Å². The van der Waals surface area contributed by atoms with Crippen LogP contribution in [0.2, 0.25) is 0 Å². The van der Waals surface area contributed by atoms with Gasteiger partial charge in [0, 0.05) is 41.7 Å². The Hall–Kier alpha value is -6.00. The first-order valence-electron chi connectivity index (χ1n) is 14.6. The first-order chi connectivity index (χ1) is 23.2. The summed E-state index contributed by atoms with van der Waals surface area (Å²) in [6.45, 7) is 0.135. The Balaban J connectivity index is 1.09. The number of rotatable bonds is 11. The molecule has 0 saturated carbocycles. The van der Waals surface area contributed by atoms with Crippen molar-refractivity contribution in [3.8, 4) is 17.6 Å². The van der Waals surface area contributed by atoms with Crippen molar-refractivity contribution in [3.63, 3.8) is 0 Å². The highest BCUT2D eigenvalue weighted by Gasteiger charge is 2.58. The van der Waals surface area contributed by atoms with E-state index in [1.807, 2.05) is 42.6 Å². The van der Waals surface area contributed by atoms with Crippen molar-refractivity contribution in [2.75, 3.05) is 5.32 Å². The SMILES string of the molecule is OC(Cn1cnnn1)(c1ccc(F)cc1F)C(F)(F)c1ccc(C#Cc2ccc(OCc3ccc(CNc4ccc[nH]4)cc3)cc2)cn1. The van der Waals surface area contributed by atoms with Crippen molar-refractivity contribution >= 4 is 5.82 Å². The van der Waals surface area contributed by atoms with Crippen LogP contribution in [0.3, 0.4) is 0 Å². The number of hydrogen-bond acceptors (Lipinski definition) is 7. The minimum atomic E-state index is -4.17. The lowest BCUT2D eigenvalue weighted by Crippen LogP contribution is -2.48. The summed E-state index contributed by atoms with van der Waals surface area (Å²) >= 11 is 0. The standard InChI is InChI=1S/C35H27F4N7O2/c36-28-12-15-30(31(37)18-28)34(47,22-46-23-43-44-45-46)35(38,39)32-16-11-26(19-41-32)4-3-24-9-13-29(14-10-24)48-21-27-7-5-25(6-8-27)20-42-33-2-1-17-40-33/h1-2,5-19,23,40,42,47H,20-22H2. The lowest BCUT2D eigenvalue weighted by atomic mass is 9.84. The monoisotopic (exact) mass is 653 g/mol. The zero-order valence-electron chi connectivity index (χ0n) is 25.1.